The molecule has 2 unspecified atom stereocenters. The minimum absolute atomic E-state index is 0.0143. The molecule has 2 aromatic carbocycles. The molecule has 0 aliphatic heterocycles. The summed E-state index contributed by atoms with van der Waals surface area (Å²) in [5, 5.41) is 0. The van der Waals surface area contributed by atoms with Gasteiger partial charge in [-0.15, -0.1) is 0 Å². The van der Waals surface area contributed by atoms with Crippen molar-refractivity contribution in [2.75, 3.05) is 0 Å². The third-order valence-electron chi connectivity index (χ3n) is 3.89. The minimum atomic E-state index is -0.842. The Balaban J connectivity index is 2.08. The molecule has 0 radical (unpaired) electrons. The van der Waals surface area contributed by atoms with Gasteiger partial charge in [0, 0.05) is 0 Å². The molecule has 0 N–H and O–H groups in total. The highest BCUT2D eigenvalue weighted by Crippen LogP contribution is 2.31. The molecule has 0 aliphatic rings. The lowest BCUT2D eigenvalue weighted by atomic mass is 10.3. The molecule has 0 aliphatic carbocycles. The summed E-state index contributed by atoms with van der Waals surface area (Å²) in [6.07, 6.45) is 0.879. The number of rotatable bonds is 8. The van der Waals surface area contributed by atoms with Gasteiger partial charge < -0.3 is 18.9 Å². The van der Waals surface area contributed by atoms with E-state index >= 15 is 0 Å². The maximum Gasteiger partial charge on any atom is 0.519 e. The molecule has 0 amide bonds. The average Bonchev–Trinajstić information content (AvgIpc) is 2.64. The van der Waals surface area contributed by atoms with Crippen molar-refractivity contribution in [2.24, 2.45) is 0 Å². The van der Waals surface area contributed by atoms with Crippen LogP contribution in [0.1, 0.15) is 40.5 Å². The van der Waals surface area contributed by atoms with Crippen molar-refractivity contribution in [1.82, 2.24) is 0 Å². The van der Waals surface area contributed by atoms with Gasteiger partial charge in [0.2, 0.25) is 0 Å². The number of hydrogen-bond acceptors (Lipinski definition) is 5. The Hall–Kier alpha value is -2.69. The molecular formula is C21H26O5. The van der Waals surface area contributed by atoms with Crippen LogP contribution in [0, 0.1) is 0 Å². The van der Waals surface area contributed by atoms with Crippen molar-refractivity contribution in [3.05, 3.63) is 48.5 Å². The number of carbonyl (C=O) groups is 1. The fraction of sp³-hybridized carbons (Fsp3) is 0.381. The Bertz CT molecular complexity index is 654. The van der Waals surface area contributed by atoms with Crippen LogP contribution in [-0.4, -0.2) is 18.4 Å². The first-order valence-corrected chi connectivity index (χ1v) is 8.94. The van der Waals surface area contributed by atoms with Crippen LogP contribution in [0.5, 0.6) is 23.0 Å². The van der Waals surface area contributed by atoms with Crippen molar-refractivity contribution in [3.63, 3.8) is 0 Å². The van der Waals surface area contributed by atoms with E-state index in [2.05, 4.69) is 0 Å². The second-order valence-electron chi connectivity index (χ2n) is 6.02. The van der Waals surface area contributed by atoms with E-state index in [4.69, 9.17) is 18.9 Å². The van der Waals surface area contributed by atoms with Gasteiger partial charge in [-0.3, -0.25) is 0 Å². The zero-order chi connectivity index (χ0) is 18.9. The monoisotopic (exact) mass is 358 g/mol. The molecule has 5 nitrogen and oxygen atoms in total. The molecule has 0 aromatic heterocycles. The van der Waals surface area contributed by atoms with Gasteiger partial charge in [0.25, 0.3) is 0 Å². The van der Waals surface area contributed by atoms with Crippen LogP contribution >= 0.6 is 0 Å². The molecule has 140 valence electrons. The molecule has 0 saturated heterocycles. The second-order valence-corrected chi connectivity index (χ2v) is 6.02. The quantitative estimate of drug-likeness (QED) is 0.453. The first-order chi connectivity index (χ1) is 12.5. The van der Waals surface area contributed by atoms with Crippen LogP contribution in [-0.2, 0) is 0 Å². The van der Waals surface area contributed by atoms with Crippen LogP contribution in [0.25, 0.3) is 0 Å². The van der Waals surface area contributed by atoms with Gasteiger partial charge in [-0.2, -0.15) is 0 Å². The van der Waals surface area contributed by atoms with Crippen LogP contribution in [0.15, 0.2) is 48.5 Å². The summed E-state index contributed by atoms with van der Waals surface area (Å²) in [6, 6.07) is 14.0. The van der Waals surface area contributed by atoms with E-state index in [0.29, 0.717) is 23.0 Å². The molecular weight excluding hydrogens is 332 g/mol. The highest BCUT2D eigenvalue weighted by molar-refractivity contribution is 5.69. The lowest BCUT2D eigenvalue weighted by Gasteiger charge is -2.17. The standard InChI is InChI=1S/C21H26O5/c1-5-15(3)23-17-11-7-9-13-19(17)25-21(22)26-20-14-10-8-12-18(20)24-16(4)6-2/h7-16H,5-6H2,1-4H3. The predicted octanol–water partition coefficient (Wildman–Crippen LogP) is 5.62. The van der Waals surface area contributed by atoms with Gasteiger partial charge in [0.1, 0.15) is 0 Å². The molecule has 2 rings (SSSR count). The molecule has 0 saturated carbocycles. The predicted molar refractivity (Wildman–Crippen MR) is 100 cm³/mol. The summed E-state index contributed by atoms with van der Waals surface area (Å²) >= 11 is 0. The fourth-order valence-corrected chi connectivity index (χ4v) is 2.06. The molecule has 0 heterocycles. The lowest BCUT2D eigenvalue weighted by molar-refractivity contribution is 0.141. The molecule has 0 bridgehead atoms. The number of hydrogen-bond donors (Lipinski definition) is 0. The third-order valence-corrected chi connectivity index (χ3v) is 3.89. The van der Waals surface area contributed by atoms with E-state index in [1.165, 1.54) is 0 Å². The van der Waals surface area contributed by atoms with Gasteiger partial charge in [-0.1, -0.05) is 38.1 Å². The normalized spacial score (nSPS) is 12.8. The van der Waals surface area contributed by atoms with Crippen molar-refractivity contribution in [3.8, 4) is 23.0 Å². The van der Waals surface area contributed by atoms with E-state index in [1.54, 1.807) is 36.4 Å². The maximum absolute atomic E-state index is 12.2. The van der Waals surface area contributed by atoms with E-state index in [0.717, 1.165) is 12.8 Å². The summed E-state index contributed by atoms with van der Waals surface area (Å²) in [4.78, 5) is 12.2. The first-order valence-electron chi connectivity index (χ1n) is 8.94. The average molecular weight is 358 g/mol. The van der Waals surface area contributed by atoms with Gasteiger partial charge >= 0.3 is 6.16 Å². The van der Waals surface area contributed by atoms with Crippen LogP contribution in [0.2, 0.25) is 0 Å². The molecule has 2 aromatic rings. The van der Waals surface area contributed by atoms with Crippen LogP contribution in [0.3, 0.4) is 0 Å². The zero-order valence-corrected chi connectivity index (χ0v) is 15.7. The smallest absolute Gasteiger partial charge is 0.487 e. The van der Waals surface area contributed by atoms with Crippen LogP contribution in [0.4, 0.5) is 4.79 Å². The number of benzene rings is 2. The second kappa shape index (κ2) is 9.70. The van der Waals surface area contributed by atoms with E-state index < -0.39 is 6.16 Å². The zero-order valence-electron chi connectivity index (χ0n) is 15.7. The van der Waals surface area contributed by atoms with E-state index in [-0.39, 0.29) is 12.2 Å². The highest BCUT2D eigenvalue weighted by atomic mass is 16.7. The molecule has 26 heavy (non-hydrogen) atoms. The third kappa shape index (κ3) is 5.69. The Morgan fingerprint density at radius 1 is 0.731 bits per heavy atom. The molecule has 0 fully saturated rings. The van der Waals surface area contributed by atoms with Crippen molar-refractivity contribution in [2.45, 2.75) is 52.7 Å². The summed E-state index contributed by atoms with van der Waals surface area (Å²) in [5.74, 6) is 1.64. The largest absolute Gasteiger partial charge is 0.519 e. The number of para-hydroxylation sites is 4. The van der Waals surface area contributed by atoms with E-state index in [9.17, 15) is 4.79 Å². The molecule has 0 spiro atoms. The lowest BCUT2D eigenvalue weighted by Crippen LogP contribution is -2.17. The first kappa shape index (κ1) is 19.6. The van der Waals surface area contributed by atoms with Crippen molar-refractivity contribution in [1.29, 1.82) is 0 Å². The van der Waals surface area contributed by atoms with E-state index in [1.807, 2.05) is 39.8 Å². The summed E-state index contributed by atoms with van der Waals surface area (Å²) in [5.41, 5.74) is 0. The Morgan fingerprint density at radius 2 is 1.08 bits per heavy atom. The van der Waals surface area contributed by atoms with Crippen molar-refractivity contribution >= 4 is 6.16 Å². The van der Waals surface area contributed by atoms with Gasteiger partial charge in [-0.25, -0.2) is 4.79 Å². The Morgan fingerprint density at radius 3 is 1.42 bits per heavy atom. The summed E-state index contributed by atoms with van der Waals surface area (Å²) < 4.78 is 22.2. The fourth-order valence-electron chi connectivity index (χ4n) is 2.06. The summed E-state index contributed by atoms with van der Waals surface area (Å²) in [6.45, 7) is 7.96. The SMILES string of the molecule is CCC(C)Oc1ccccc1OC(=O)Oc1ccccc1OC(C)CC. The van der Waals surface area contributed by atoms with Crippen LogP contribution < -0.4 is 18.9 Å². The highest BCUT2D eigenvalue weighted by Gasteiger charge is 2.16. The number of ether oxygens (including phenoxy) is 4. The topological polar surface area (TPSA) is 54.0 Å². The number of carbonyl (C=O) groups excluding carboxylic acids is 1. The molecule has 5 heteroatoms. The van der Waals surface area contributed by atoms with Gasteiger partial charge in [0.05, 0.1) is 12.2 Å². The summed E-state index contributed by atoms with van der Waals surface area (Å²) in [7, 11) is 0. The molecule has 2 atom stereocenters. The van der Waals surface area contributed by atoms with Gasteiger partial charge in [0.15, 0.2) is 23.0 Å². The minimum Gasteiger partial charge on any atom is -0.487 e. The maximum atomic E-state index is 12.2. The Labute approximate surface area is 154 Å². The van der Waals surface area contributed by atoms with Gasteiger partial charge in [-0.05, 0) is 51.0 Å². The van der Waals surface area contributed by atoms with Crippen molar-refractivity contribution < 1.29 is 23.7 Å². The Kier molecular flexibility index (Phi) is 7.33.